The van der Waals surface area contributed by atoms with Gasteiger partial charge in [-0.15, -0.1) is 0 Å². The van der Waals surface area contributed by atoms with Gasteiger partial charge in [0.05, 0.1) is 13.7 Å². The Morgan fingerprint density at radius 1 is 0.818 bits per heavy atom. The van der Waals surface area contributed by atoms with Crippen LogP contribution in [0.1, 0.15) is 61.1 Å². The number of hydrogen-bond donors (Lipinski definition) is 0. The standard InChI is InChI=1S/C28H29F3O2/c1-3-33-17-22-9-8-21(16-26(22)29)18-4-6-19(7-5-18)24-14-15-25(28(31)27(24)30)20-10-12-23(32-2)13-11-20/h8-16,18-19H,3-7,17H2,1-2H3. The highest BCUT2D eigenvalue weighted by molar-refractivity contribution is 5.65. The second kappa shape index (κ2) is 10.4. The Hall–Kier alpha value is -2.79. The van der Waals surface area contributed by atoms with Crippen molar-refractivity contribution in [3.63, 3.8) is 0 Å². The van der Waals surface area contributed by atoms with E-state index in [2.05, 4.69) is 0 Å². The molecule has 0 N–H and O–H groups in total. The second-order valence-corrected chi connectivity index (χ2v) is 8.60. The molecule has 33 heavy (non-hydrogen) atoms. The molecule has 3 aromatic rings. The fourth-order valence-electron chi connectivity index (χ4n) is 4.76. The van der Waals surface area contributed by atoms with Gasteiger partial charge in [0.1, 0.15) is 11.6 Å². The van der Waals surface area contributed by atoms with E-state index in [0.717, 1.165) is 31.2 Å². The fourth-order valence-corrected chi connectivity index (χ4v) is 4.76. The molecule has 1 aliphatic carbocycles. The first-order chi connectivity index (χ1) is 16.0. The summed E-state index contributed by atoms with van der Waals surface area (Å²) < 4.78 is 54.8. The van der Waals surface area contributed by atoms with E-state index < -0.39 is 11.6 Å². The van der Waals surface area contributed by atoms with Crippen molar-refractivity contribution in [1.29, 1.82) is 0 Å². The molecule has 0 bridgehead atoms. The minimum Gasteiger partial charge on any atom is -0.497 e. The molecule has 3 aromatic carbocycles. The summed E-state index contributed by atoms with van der Waals surface area (Å²) in [5, 5.41) is 0. The van der Waals surface area contributed by atoms with E-state index in [-0.39, 0.29) is 29.8 Å². The normalized spacial score (nSPS) is 18.3. The minimum atomic E-state index is -0.813. The number of methoxy groups -OCH3 is 1. The van der Waals surface area contributed by atoms with Crippen molar-refractivity contribution in [2.75, 3.05) is 13.7 Å². The molecule has 0 amide bonds. The first-order valence-electron chi connectivity index (χ1n) is 11.5. The molecule has 0 radical (unpaired) electrons. The maximum Gasteiger partial charge on any atom is 0.166 e. The van der Waals surface area contributed by atoms with Gasteiger partial charge in [-0.05, 0) is 79.3 Å². The predicted octanol–water partition coefficient (Wildman–Crippen LogP) is 7.76. The molecule has 1 fully saturated rings. The van der Waals surface area contributed by atoms with Crippen molar-refractivity contribution in [3.05, 3.63) is 88.7 Å². The lowest BCUT2D eigenvalue weighted by Crippen LogP contribution is -2.14. The Morgan fingerprint density at radius 3 is 2.15 bits per heavy atom. The molecule has 1 aliphatic rings. The molecule has 0 heterocycles. The second-order valence-electron chi connectivity index (χ2n) is 8.60. The van der Waals surface area contributed by atoms with Crippen molar-refractivity contribution in [2.24, 2.45) is 0 Å². The number of halogens is 3. The van der Waals surface area contributed by atoms with E-state index in [1.54, 1.807) is 55.6 Å². The number of rotatable bonds is 7. The summed E-state index contributed by atoms with van der Waals surface area (Å²) in [6.07, 6.45) is 3.11. The van der Waals surface area contributed by atoms with Gasteiger partial charge in [-0.2, -0.15) is 0 Å². The molecule has 0 saturated heterocycles. The lowest BCUT2D eigenvalue weighted by molar-refractivity contribution is 0.131. The van der Waals surface area contributed by atoms with Crippen LogP contribution in [0.2, 0.25) is 0 Å². The Kier molecular flexibility index (Phi) is 7.39. The summed E-state index contributed by atoms with van der Waals surface area (Å²) >= 11 is 0. The van der Waals surface area contributed by atoms with E-state index in [0.29, 0.717) is 29.0 Å². The van der Waals surface area contributed by atoms with Crippen LogP contribution in [-0.4, -0.2) is 13.7 Å². The summed E-state index contributed by atoms with van der Waals surface area (Å²) in [5.41, 5.74) is 2.81. The van der Waals surface area contributed by atoms with Crippen LogP contribution < -0.4 is 4.74 Å². The van der Waals surface area contributed by atoms with Gasteiger partial charge >= 0.3 is 0 Å². The number of benzene rings is 3. The molecule has 1 saturated carbocycles. The molecule has 5 heteroatoms. The van der Waals surface area contributed by atoms with Gasteiger partial charge in [0, 0.05) is 17.7 Å². The zero-order valence-electron chi connectivity index (χ0n) is 19.0. The Morgan fingerprint density at radius 2 is 1.52 bits per heavy atom. The molecule has 174 valence electrons. The maximum absolute atomic E-state index is 15.0. The third kappa shape index (κ3) is 5.09. The van der Waals surface area contributed by atoms with Crippen LogP contribution in [0.4, 0.5) is 13.2 Å². The monoisotopic (exact) mass is 454 g/mol. The van der Waals surface area contributed by atoms with Crippen LogP contribution in [0.15, 0.2) is 54.6 Å². The highest BCUT2D eigenvalue weighted by atomic mass is 19.2. The third-order valence-corrected chi connectivity index (χ3v) is 6.69. The summed E-state index contributed by atoms with van der Waals surface area (Å²) in [5.74, 6) is -0.974. The summed E-state index contributed by atoms with van der Waals surface area (Å²) in [4.78, 5) is 0. The van der Waals surface area contributed by atoms with Crippen molar-refractivity contribution in [1.82, 2.24) is 0 Å². The van der Waals surface area contributed by atoms with Crippen LogP contribution in [0.25, 0.3) is 11.1 Å². The Bertz CT molecular complexity index is 1090. The van der Waals surface area contributed by atoms with Crippen molar-refractivity contribution < 1.29 is 22.6 Å². The van der Waals surface area contributed by atoms with E-state index in [1.807, 2.05) is 13.0 Å². The molecule has 2 nitrogen and oxygen atoms in total. The zero-order valence-corrected chi connectivity index (χ0v) is 19.0. The largest absolute Gasteiger partial charge is 0.497 e. The Labute approximate surface area is 193 Å². The average molecular weight is 455 g/mol. The van der Waals surface area contributed by atoms with Crippen molar-refractivity contribution in [2.45, 2.75) is 51.0 Å². The first kappa shape index (κ1) is 23.4. The molecule has 0 atom stereocenters. The predicted molar refractivity (Wildman–Crippen MR) is 124 cm³/mol. The molecular weight excluding hydrogens is 425 g/mol. The molecule has 0 spiro atoms. The molecular formula is C28H29F3O2. The SMILES string of the molecule is CCOCc1ccc(C2CCC(c3ccc(-c4ccc(OC)cc4)c(F)c3F)CC2)cc1F. The quantitative estimate of drug-likeness (QED) is 0.363. The summed E-state index contributed by atoms with van der Waals surface area (Å²) in [7, 11) is 1.56. The van der Waals surface area contributed by atoms with Crippen LogP contribution >= 0.6 is 0 Å². The van der Waals surface area contributed by atoms with Gasteiger partial charge < -0.3 is 9.47 Å². The number of hydrogen-bond acceptors (Lipinski definition) is 2. The highest BCUT2D eigenvalue weighted by Crippen LogP contribution is 2.42. The maximum atomic E-state index is 15.0. The third-order valence-electron chi connectivity index (χ3n) is 6.69. The fraction of sp³-hybridized carbons (Fsp3) is 0.357. The molecule has 0 aromatic heterocycles. The van der Waals surface area contributed by atoms with Gasteiger partial charge in [0.15, 0.2) is 11.6 Å². The summed E-state index contributed by atoms with van der Waals surface area (Å²) in [6, 6.07) is 15.6. The topological polar surface area (TPSA) is 18.5 Å². The van der Waals surface area contributed by atoms with Gasteiger partial charge in [-0.25, -0.2) is 13.2 Å². The van der Waals surface area contributed by atoms with Crippen LogP contribution in [0, 0.1) is 17.5 Å². The lowest BCUT2D eigenvalue weighted by atomic mass is 9.75. The highest BCUT2D eigenvalue weighted by Gasteiger charge is 2.27. The smallest absolute Gasteiger partial charge is 0.166 e. The van der Waals surface area contributed by atoms with Gasteiger partial charge in [-0.3, -0.25) is 0 Å². The van der Waals surface area contributed by atoms with Crippen LogP contribution in [0.5, 0.6) is 5.75 Å². The Balaban J connectivity index is 1.45. The minimum absolute atomic E-state index is 0.0391. The molecule has 0 aliphatic heterocycles. The van der Waals surface area contributed by atoms with E-state index >= 15 is 4.39 Å². The zero-order chi connectivity index (χ0) is 23.4. The van der Waals surface area contributed by atoms with E-state index in [1.165, 1.54) is 0 Å². The van der Waals surface area contributed by atoms with Crippen LogP contribution in [0.3, 0.4) is 0 Å². The van der Waals surface area contributed by atoms with Crippen LogP contribution in [-0.2, 0) is 11.3 Å². The average Bonchev–Trinajstić information content (AvgIpc) is 2.85. The van der Waals surface area contributed by atoms with E-state index in [9.17, 15) is 8.78 Å². The van der Waals surface area contributed by atoms with Crippen molar-refractivity contribution in [3.8, 4) is 16.9 Å². The molecule has 4 rings (SSSR count). The van der Waals surface area contributed by atoms with Gasteiger partial charge in [-0.1, -0.05) is 36.4 Å². The summed E-state index contributed by atoms with van der Waals surface area (Å²) in [6.45, 7) is 2.70. The van der Waals surface area contributed by atoms with Gasteiger partial charge in [0.2, 0.25) is 0 Å². The van der Waals surface area contributed by atoms with Crippen molar-refractivity contribution >= 4 is 0 Å². The van der Waals surface area contributed by atoms with E-state index in [4.69, 9.17) is 9.47 Å². The number of ether oxygens (including phenoxy) is 2. The van der Waals surface area contributed by atoms with Gasteiger partial charge in [0.25, 0.3) is 0 Å². The first-order valence-corrected chi connectivity index (χ1v) is 11.5. The molecule has 0 unspecified atom stereocenters. The lowest BCUT2D eigenvalue weighted by Gasteiger charge is -2.29.